The molecule has 4 bridgehead atoms. The molecule has 0 unspecified atom stereocenters. The number of aryl methyl sites for hydroxylation is 1. The average Bonchev–Trinajstić information content (AvgIpc) is 2.38. The van der Waals surface area contributed by atoms with Crippen molar-refractivity contribution in [3.05, 3.63) is 29.1 Å². The first-order valence-corrected chi connectivity index (χ1v) is 7.81. The standard InChI is InChI=1S/C17H21NO2/c1-9-15(17(19)20)7-14(8-18-9)16-12-3-10-2-11(5-12)6-13(16)4-10/h7-8,10-13,16H,2-6H2,1H3,(H,19,20). The normalized spacial score (nSPS) is 38.1. The molecular weight excluding hydrogens is 250 g/mol. The van der Waals surface area contributed by atoms with Crippen LogP contribution in [0.25, 0.3) is 0 Å². The van der Waals surface area contributed by atoms with Gasteiger partial charge in [0.2, 0.25) is 0 Å². The fourth-order valence-electron chi connectivity index (χ4n) is 5.42. The van der Waals surface area contributed by atoms with Crippen molar-refractivity contribution in [2.75, 3.05) is 0 Å². The van der Waals surface area contributed by atoms with Crippen molar-refractivity contribution in [1.29, 1.82) is 0 Å². The van der Waals surface area contributed by atoms with E-state index in [0.29, 0.717) is 17.2 Å². The first-order valence-electron chi connectivity index (χ1n) is 7.81. The Morgan fingerprint density at radius 2 is 1.75 bits per heavy atom. The Bertz CT molecular complexity index is 538. The van der Waals surface area contributed by atoms with Crippen LogP contribution in [0, 0.1) is 30.6 Å². The molecule has 4 aliphatic rings. The van der Waals surface area contributed by atoms with E-state index in [4.69, 9.17) is 0 Å². The topological polar surface area (TPSA) is 50.2 Å². The predicted molar refractivity (Wildman–Crippen MR) is 75.7 cm³/mol. The maximum Gasteiger partial charge on any atom is 0.337 e. The largest absolute Gasteiger partial charge is 0.478 e. The lowest BCUT2D eigenvalue weighted by molar-refractivity contribution is -0.00293. The number of pyridine rings is 1. The molecule has 4 aliphatic carbocycles. The lowest BCUT2D eigenvalue weighted by Gasteiger charge is -2.54. The highest BCUT2D eigenvalue weighted by Gasteiger charge is 2.48. The minimum absolute atomic E-state index is 0.385. The van der Waals surface area contributed by atoms with Crippen molar-refractivity contribution >= 4 is 5.97 Å². The fourth-order valence-corrected chi connectivity index (χ4v) is 5.42. The van der Waals surface area contributed by atoms with Crippen LogP contribution in [0.2, 0.25) is 0 Å². The Labute approximate surface area is 119 Å². The zero-order valence-corrected chi connectivity index (χ0v) is 11.9. The third kappa shape index (κ3) is 1.79. The van der Waals surface area contributed by atoms with Gasteiger partial charge in [-0.25, -0.2) is 4.79 Å². The summed E-state index contributed by atoms with van der Waals surface area (Å²) in [7, 11) is 0. The summed E-state index contributed by atoms with van der Waals surface area (Å²) in [4.78, 5) is 15.7. The number of carbonyl (C=O) groups is 1. The average molecular weight is 271 g/mol. The summed E-state index contributed by atoms with van der Waals surface area (Å²) in [5.41, 5.74) is 2.20. The molecule has 3 nitrogen and oxygen atoms in total. The first-order chi connectivity index (χ1) is 9.61. The van der Waals surface area contributed by atoms with Gasteiger partial charge >= 0.3 is 5.97 Å². The highest BCUT2D eigenvalue weighted by molar-refractivity contribution is 5.88. The molecule has 0 amide bonds. The number of aromatic nitrogens is 1. The molecule has 0 atom stereocenters. The van der Waals surface area contributed by atoms with Gasteiger partial charge in [-0.05, 0) is 80.2 Å². The molecule has 5 rings (SSSR count). The van der Waals surface area contributed by atoms with Gasteiger partial charge in [-0.2, -0.15) is 0 Å². The molecule has 0 aromatic carbocycles. The highest BCUT2D eigenvalue weighted by Crippen LogP contribution is 2.59. The van der Waals surface area contributed by atoms with Crippen LogP contribution in [0.1, 0.15) is 59.6 Å². The van der Waals surface area contributed by atoms with E-state index in [1.807, 2.05) is 12.3 Å². The van der Waals surface area contributed by atoms with E-state index in [2.05, 4.69) is 4.98 Å². The molecule has 3 heteroatoms. The van der Waals surface area contributed by atoms with Gasteiger partial charge in [0.1, 0.15) is 0 Å². The van der Waals surface area contributed by atoms with Crippen molar-refractivity contribution < 1.29 is 9.90 Å². The van der Waals surface area contributed by atoms with Gasteiger partial charge in [-0.3, -0.25) is 4.98 Å². The quantitative estimate of drug-likeness (QED) is 0.893. The Kier molecular flexibility index (Phi) is 2.66. The third-order valence-electron chi connectivity index (χ3n) is 5.95. The Hall–Kier alpha value is -1.38. The van der Waals surface area contributed by atoms with E-state index < -0.39 is 5.97 Å². The van der Waals surface area contributed by atoms with Gasteiger partial charge in [0, 0.05) is 6.20 Å². The van der Waals surface area contributed by atoms with Crippen LogP contribution < -0.4 is 0 Å². The summed E-state index contributed by atoms with van der Waals surface area (Å²) in [6.07, 6.45) is 8.81. The van der Waals surface area contributed by atoms with Crippen LogP contribution in [0.5, 0.6) is 0 Å². The second-order valence-electron chi connectivity index (χ2n) is 7.16. The van der Waals surface area contributed by atoms with Crippen LogP contribution in [-0.2, 0) is 0 Å². The Balaban J connectivity index is 1.71. The van der Waals surface area contributed by atoms with Crippen LogP contribution in [0.4, 0.5) is 0 Å². The van der Waals surface area contributed by atoms with Crippen molar-refractivity contribution in [3.8, 4) is 0 Å². The van der Waals surface area contributed by atoms with Crippen LogP contribution >= 0.6 is 0 Å². The molecule has 0 saturated heterocycles. The maximum atomic E-state index is 11.3. The zero-order valence-electron chi connectivity index (χ0n) is 11.9. The predicted octanol–water partition coefficient (Wildman–Crippen LogP) is 3.63. The number of carboxylic acid groups (broad SMARTS) is 1. The second-order valence-corrected chi connectivity index (χ2v) is 7.16. The van der Waals surface area contributed by atoms with Crippen LogP contribution in [-0.4, -0.2) is 16.1 Å². The maximum absolute atomic E-state index is 11.3. The summed E-state index contributed by atoms with van der Waals surface area (Å²) in [6.45, 7) is 1.78. The van der Waals surface area contributed by atoms with Gasteiger partial charge in [-0.15, -0.1) is 0 Å². The number of rotatable bonds is 2. The van der Waals surface area contributed by atoms with Crippen LogP contribution in [0.3, 0.4) is 0 Å². The summed E-state index contributed by atoms with van der Waals surface area (Å²) >= 11 is 0. The van der Waals surface area contributed by atoms with E-state index in [1.54, 1.807) is 6.92 Å². The van der Waals surface area contributed by atoms with E-state index in [9.17, 15) is 9.90 Å². The van der Waals surface area contributed by atoms with E-state index in [1.165, 1.54) is 37.7 Å². The SMILES string of the molecule is Cc1ncc(C2C3CC4CC(C3)CC2C4)cc1C(=O)O. The highest BCUT2D eigenvalue weighted by atomic mass is 16.4. The van der Waals surface area contributed by atoms with Gasteiger partial charge in [0.15, 0.2) is 0 Å². The number of nitrogens with zero attached hydrogens (tertiary/aromatic N) is 1. The molecular formula is C17H21NO2. The van der Waals surface area contributed by atoms with Gasteiger partial charge in [0.05, 0.1) is 11.3 Å². The number of hydrogen-bond acceptors (Lipinski definition) is 2. The molecule has 4 fully saturated rings. The zero-order chi connectivity index (χ0) is 13.9. The van der Waals surface area contributed by atoms with Crippen molar-refractivity contribution in [2.24, 2.45) is 23.7 Å². The van der Waals surface area contributed by atoms with Crippen molar-refractivity contribution in [3.63, 3.8) is 0 Å². The number of carboxylic acids is 1. The minimum Gasteiger partial charge on any atom is -0.478 e. The molecule has 0 spiro atoms. The minimum atomic E-state index is -0.847. The molecule has 0 radical (unpaired) electrons. The fraction of sp³-hybridized carbons (Fsp3) is 0.647. The van der Waals surface area contributed by atoms with Gasteiger partial charge in [-0.1, -0.05) is 0 Å². The Morgan fingerprint density at radius 1 is 1.15 bits per heavy atom. The summed E-state index contributed by atoms with van der Waals surface area (Å²) in [6, 6.07) is 1.90. The summed E-state index contributed by atoms with van der Waals surface area (Å²) in [5.74, 6) is 3.17. The van der Waals surface area contributed by atoms with Gasteiger partial charge < -0.3 is 5.11 Å². The monoisotopic (exact) mass is 271 g/mol. The molecule has 1 N–H and O–H groups in total. The van der Waals surface area contributed by atoms with E-state index in [0.717, 1.165) is 23.7 Å². The lowest BCUT2D eigenvalue weighted by atomic mass is 9.51. The second kappa shape index (κ2) is 4.31. The third-order valence-corrected chi connectivity index (χ3v) is 5.95. The molecule has 1 aromatic rings. The Morgan fingerprint density at radius 3 is 2.30 bits per heavy atom. The van der Waals surface area contributed by atoms with Gasteiger partial charge in [0.25, 0.3) is 0 Å². The molecule has 106 valence electrons. The summed E-state index contributed by atoms with van der Waals surface area (Å²) < 4.78 is 0. The first kappa shape index (κ1) is 12.4. The lowest BCUT2D eigenvalue weighted by Crippen LogP contribution is -2.43. The molecule has 4 saturated carbocycles. The molecule has 1 heterocycles. The molecule has 1 aromatic heterocycles. The molecule has 0 aliphatic heterocycles. The number of hydrogen-bond donors (Lipinski definition) is 1. The summed E-state index contributed by atoms with van der Waals surface area (Å²) in [5, 5.41) is 9.30. The van der Waals surface area contributed by atoms with Crippen molar-refractivity contribution in [1.82, 2.24) is 4.98 Å². The van der Waals surface area contributed by atoms with E-state index in [-0.39, 0.29) is 0 Å². The number of aromatic carboxylic acids is 1. The van der Waals surface area contributed by atoms with E-state index >= 15 is 0 Å². The van der Waals surface area contributed by atoms with Crippen LogP contribution in [0.15, 0.2) is 12.3 Å². The smallest absolute Gasteiger partial charge is 0.337 e. The van der Waals surface area contributed by atoms with Crippen molar-refractivity contribution in [2.45, 2.75) is 44.9 Å². The molecule has 20 heavy (non-hydrogen) atoms.